The van der Waals surface area contributed by atoms with Crippen molar-refractivity contribution < 1.29 is 14.3 Å². The molecule has 0 N–H and O–H groups in total. The van der Waals surface area contributed by atoms with Crippen LogP contribution in [-0.4, -0.2) is 29.5 Å². The van der Waals surface area contributed by atoms with E-state index in [9.17, 15) is 9.59 Å². The van der Waals surface area contributed by atoms with Crippen LogP contribution in [0.15, 0.2) is 42.0 Å². The summed E-state index contributed by atoms with van der Waals surface area (Å²) >= 11 is 0. The molecule has 1 aliphatic heterocycles. The summed E-state index contributed by atoms with van der Waals surface area (Å²) in [5.74, 6) is -0.232. The predicted molar refractivity (Wildman–Crippen MR) is 90.0 cm³/mol. The van der Waals surface area contributed by atoms with Crippen LogP contribution in [-0.2, 0) is 16.0 Å². The molecule has 0 unspecified atom stereocenters. The molecule has 1 fully saturated rings. The number of ether oxygens (including phenoxy) is 1. The molecule has 0 spiro atoms. The SMILES string of the molecule is CCCCC/C=C(\C)C(=O)N1C(=O)OC[C@H]1Cc1ccccc1. The summed E-state index contributed by atoms with van der Waals surface area (Å²) in [6.07, 6.45) is 6.28. The number of hydrogen-bond acceptors (Lipinski definition) is 3. The second-order valence-corrected chi connectivity index (χ2v) is 5.98. The van der Waals surface area contributed by atoms with Crippen LogP contribution in [0.4, 0.5) is 4.79 Å². The van der Waals surface area contributed by atoms with Gasteiger partial charge in [-0.2, -0.15) is 0 Å². The van der Waals surface area contributed by atoms with Gasteiger partial charge in [0.1, 0.15) is 6.61 Å². The molecule has 1 atom stereocenters. The third-order valence-electron chi connectivity index (χ3n) is 4.09. The molecule has 1 aromatic rings. The van der Waals surface area contributed by atoms with Crippen molar-refractivity contribution in [2.24, 2.45) is 0 Å². The maximum Gasteiger partial charge on any atom is 0.417 e. The highest BCUT2D eigenvalue weighted by Gasteiger charge is 2.38. The number of carbonyl (C=O) groups excluding carboxylic acids is 2. The zero-order valence-electron chi connectivity index (χ0n) is 14.0. The molecule has 4 heteroatoms. The lowest BCUT2D eigenvalue weighted by atomic mass is 10.0. The maximum atomic E-state index is 12.6. The van der Waals surface area contributed by atoms with E-state index in [1.54, 1.807) is 6.92 Å². The molecular formula is C19H25NO3. The summed E-state index contributed by atoms with van der Waals surface area (Å²) in [5, 5.41) is 0. The van der Waals surface area contributed by atoms with Crippen molar-refractivity contribution in [1.29, 1.82) is 0 Å². The molecule has 0 radical (unpaired) electrons. The van der Waals surface area contributed by atoms with Crippen LogP contribution in [0, 0.1) is 0 Å². The first kappa shape index (κ1) is 17.3. The van der Waals surface area contributed by atoms with Crippen molar-refractivity contribution in [3.63, 3.8) is 0 Å². The van der Waals surface area contributed by atoms with Crippen LogP contribution in [0.3, 0.4) is 0 Å². The topological polar surface area (TPSA) is 46.6 Å². The number of hydrogen-bond donors (Lipinski definition) is 0. The van der Waals surface area contributed by atoms with E-state index in [4.69, 9.17) is 4.74 Å². The van der Waals surface area contributed by atoms with Crippen molar-refractivity contribution >= 4 is 12.0 Å². The van der Waals surface area contributed by atoms with Crippen LogP contribution in [0.1, 0.15) is 45.1 Å². The monoisotopic (exact) mass is 315 g/mol. The molecule has 4 nitrogen and oxygen atoms in total. The minimum atomic E-state index is -0.530. The zero-order chi connectivity index (χ0) is 16.7. The smallest absolute Gasteiger partial charge is 0.417 e. The predicted octanol–water partition coefficient (Wildman–Crippen LogP) is 4.10. The number of carbonyl (C=O) groups is 2. The normalized spacial score (nSPS) is 18.2. The second kappa shape index (κ2) is 8.51. The molecule has 1 aromatic carbocycles. The Morgan fingerprint density at radius 1 is 1.30 bits per heavy atom. The van der Waals surface area contributed by atoms with Crippen molar-refractivity contribution in [2.75, 3.05) is 6.61 Å². The van der Waals surface area contributed by atoms with Gasteiger partial charge in [0.25, 0.3) is 5.91 Å². The minimum absolute atomic E-state index is 0.226. The number of unbranched alkanes of at least 4 members (excludes halogenated alkanes) is 3. The molecular weight excluding hydrogens is 290 g/mol. The Labute approximate surface area is 138 Å². The third-order valence-corrected chi connectivity index (χ3v) is 4.09. The third kappa shape index (κ3) is 4.68. The van der Waals surface area contributed by atoms with Crippen LogP contribution in [0.5, 0.6) is 0 Å². The van der Waals surface area contributed by atoms with E-state index in [-0.39, 0.29) is 18.6 Å². The van der Waals surface area contributed by atoms with Gasteiger partial charge in [0.15, 0.2) is 0 Å². The lowest BCUT2D eigenvalue weighted by Gasteiger charge is -2.20. The average Bonchev–Trinajstić information content (AvgIpc) is 2.92. The first-order chi connectivity index (χ1) is 11.1. The fraction of sp³-hybridized carbons (Fsp3) is 0.474. The molecule has 124 valence electrons. The number of amides is 2. The number of allylic oxidation sites excluding steroid dienone is 1. The van der Waals surface area contributed by atoms with Crippen LogP contribution in [0.2, 0.25) is 0 Å². The summed E-state index contributed by atoms with van der Waals surface area (Å²) in [4.78, 5) is 25.8. The van der Waals surface area contributed by atoms with Gasteiger partial charge in [-0.1, -0.05) is 56.2 Å². The minimum Gasteiger partial charge on any atom is -0.447 e. The summed E-state index contributed by atoms with van der Waals surface area (Å²) in [6, 6.07) is 9.64. The molecule has 0 aliphatic carbocycles. The highest BCUT2D eigenvalue weighted by molar-refractivity contribution is 6.03. The molecule has 1 aliphatic rings. The highest BCUT2D eigenvalue weighted by atomic mass is 16.6. The molecule has 2 amide bonds. The van der Waals surface area contributed by atoms with Gasteiger partial charge in [-0.3, -0.25) is 4.79 Å². The molecule has 0 saturated carbocycles. The molecule has 0 aromatic heterocycles. The van der Waals surface area contributed by atoms with Gasteiger partial charge in [0.05, 0.1) is 6.04 Å². The lowest BCUT2D eigenvalue weighted by molar-refractivity contribution is -0.125. The van der Waals surface area contributed by atoms with E-state index in [0.29, 0.717) is 12.0 Å². The van der Waals surface area contributed by atoms with Gasteiger partial charge in [0, 0.05) is 5.57 Å². The summed E-state index contributed by atoms with van der Waals surface area (Å²) < 4.78 is 5.10. The number of nitrogens with zero attached hydrogens (tertiary/aromatic N) is 1. The first-order valence-electron chi connectivity index (χ1n) is 8.34. The average molecular weight is 315 g/mol. The molecule has 1 heterocycles. The highest BCUT2D eigenvalue weighted by Crippen LogP contribution is 2.20. The van der Waals surface area contributed by atoms with E-state index in [0.717, 1.165) is 31.2 Å². The van der Waals surface area contributed by atoms with Gasteiger partial charge >= 0.3 is 6.09 Å². The van der Waals surface area contributed by atoms with Gasteiger partial charge < -0.3 is 4.74 Å². The van der Waals surface area contributed by atoms with Gasteiger partial charge in [-0.25, -0.2) is 9.69 Å². The van der Waals surface area contributed by atoms with E-state index >= 15 is 0 Å². The first-order valence-corrected chi connectivity index (χ1v) is 8.34. The quantitative estimate of drug-likeness (QED) is 0.562. The maximum absolute atomic E-state index is 12.6. The van der Waals surface area contributed by atoms with Crippen molar-refractivity contribution in [1.82, 2.24) is 4.90 Å². The largest absolute Gasteiger partial charge is 0.447 e. The molecule has 1 saturated heterocycles. The van der Waals surface area contributed by atoms with Crippen molar-refractivity contribution in [2.45, 2.75) is 52.0 Å². The standard InChI is InChI=1S/C19H25NO3/c1-3-4-5-7-10-15(2)18(21)20-17(14-23-19(20)22)13-16-11-8-6-9-12-16/h6,8-12,17H,3-5,7,13-14H2,1-2H3/b15-10+/t17-/m1/s1. The molecule has 23 heavy (non-hydrogen) atoms. The van der Waals surface area contributed by atoms with Crippen LogP contribution in [0.25, 0.3) is 0 Å². The number of imide groups is 1. The fourth-order valence-electron chi connectivity index (χ4n) is 2.74. The van der Waals surface area contributed by atoms with Gasteiger partial charge in [0.2, 0.25) is 0 Å². The molecule has 2 rings (SSSR count). The number of cyclic esters (lactones) is 1. The van der Waals surface area contributed by atoms with E-state index in [1.165, 1.54) is 4.90 Å². The zero-order valence-corrected chi connectivity index (χ0v) is 14.0. The lowest BCUT2D eigenvalue weighted by Crippen LogP contribution is -2.40. The Hall–Kier alpha value is -2.10. The Bertz CT molecular complexity index is 565. The Morgan fingerprint density at radius 2 is 2.04 bits per heavy atom. The van der Waals surface area contributed by atoms with Crippen molar-refractivity contribution in [3.05, 3.63) is 47.5 Å². The molecule has 0 bridgehead atoms. The van der Waals surface area contributed by atoms with Crippen molar-refractivity contribution in [3.8, 4) is 0 Å². The Kier molecular flexibility index (Phi) is 6.39. The second-order valence-electron chi connectivity index (χ2n) is 5.98. The summed E-state index contributed by atoms with van der Waals surface area (Å²) in [7, 11) is 0. The van der Waals surface area contributed by atoms with E-state index < -0.39 is 6.09 Å². The Morgan fingerprint density at radius 3 is 2.74 bits per heavy atom. The number of benzene rings is 1. The summed E-state index contributed by atoms with van der Waals surface area (Å²) in [5.41, 5.74) is 1.72. The van der Waals surface area contributed by atoms with Crippen LogP contribution < -0.4 is 0 Å². The number of rotatable bonds is 7. The van der Waals surface area contributed by atoms with Gasteiger partial charge in [-0.05, 0) is 31.7 Å². The summed E-state index contributed by atoms with van der Waals surface area (Å²) in [6.45, 7) is 4.19. The Balaban J connectivity index is 2.02. The van der Waals surface area contributed by atoms with Gasteiger partial charge in [-0.15, -0.1) is 0 Å². The van der Waals surface area contributed by atoms with E-state index in [1.807, 2.05) is 36.4 Å². The van der Waals surface area contributed by atoms with Crippen LogP contribution >= 0.6 is 0 Å². The fourth-order valence-corrected chi connectivity index (χ4v) is 2.74. The van der Waals surface area contributed by atoms with E-state index in [2.05, 4.69) is 6.92 Å².